The van der Waals surface area contributed by atoms with Crippen LogP contribution in [-0.2, 0) is 0 Å². The summed E-state index contributed by atoms with van der Waals surface area (Å²) >= 11 is 0.983. The average molecular weight is 278 g/mol. The molecular formula is C11H10N4O3S. The lowest BCUT2D eigenvalue weighted by Gasteiger charge is -2.07. The van der Waals surface area contributed by atoms with Crippen LogP contribution in [0.15, 0.2) is 18.2 Å². The Labute approximate surface area is 112 Å². The molecule has 7 nitrogen and oxygen atoms in total. The van der Waals surface area contributed by atoms with E-state index in [4.69, 9.17) is 10.8 Å². The number of anilines is 2. The number of nitrogens with one attached hydrogen (secondary N) is 1. The predicted octanol–water partition coefficient (Wildman–Crippen LogP) is 1.38. The number of carbonyl (C=O) groups is 2. The van der Waals surface area contributed by atoms with E-state index in [0.29, 0.717) is 16.3 Å². The molecule has 0 unspecified atom stereocenters. The number of hydrogen-bond acceptors (Lipinski definition) is 6. The average Bonchev–Trinajstić information content (AvgIpc) is 2.77. The zero-order valence-corrected chi connectivity index (χ0v) is 10.7. The van der Waals surface area contributed by atoms with Crippen molar-refractivity contribution in [2.24, 2.45) is 0 Å². The minimum Gasteiger partial charge on any atom is -0.478 e. The fraction of sp³-hybridized carbons (Fsp3) is 0.0909. The molecule has 1 aromatic heterocycles. The summed E-state index contributed by atoms with van der Waals surface area (Å²) < 4.78 is 3.67. The van der Waals surface area contributed by atoms with Gasteiger partial charge in [-0.25, -0.2) is 4.79 Å². The lowest BCUT2D eigenvalue weighted by molar-refractivity contribution is 0.0697. The smallest absolute Gasteiger partial charge is 0.335 e. The molecule has 2 rings (SSSR count). The van der Waals surface area contributed by atoms with Gasteiger partial charge in [-0.2, -0.15) is 0 Å². The number of carbonyl (C=O) groups excluding carboxylic acids is 1. The molecule has 0 saturated carbocycles. The number of hydrogen-bond donors (Lipinski definition) is 3. The zero-order chi connectivity index (χ0) is 14.0. The van der Waals surface area contributed by atoms with Crippen LogP contribution in [-0.4, -0.2) is 26.6 Å². The molecule has 0 aliphatic carbocycles. The van der Waals surface area contributed by atoms with Crippen LogP contribution < -0.4 is 11.1 Å². The van der Waals surface area contributed by atoms with E-state index in [1.165, 1.54) is 18.2 Å². The number of carboxylic acid groups (broad SMARTS) is 1. The molecule has 1 amide bonds. The molecule has 0 bridgehead atoms. The van der Waals surface area contributed by atoms with Crippen molar-refractivity contribution in [2.75, 3.05) is 11.1 Å². The van der Waals surface area contributed by atoms with Crippen LogP contribution in [0, 0.1) is 6.92 Å². The van der Waals surface area contributed by atoms with Crippen LogP contribution in [0.2, 0.25) is 0 Å². The van der Waals surface area contributed by atoms with E-state index in [9.17, 15) is 9.59 Å². The lowest BCUT2D eigenvalue weighted by atomic mass is 10.1. The standard InChI is InChI=1S/C11H10N4O3S/c1-5-9(19-15-14-5)10(16)13-8-3-2-6(11(17)18)4-7(8)12/h2-4H,12H2,1H3,(H,13,16)(H,17,18). The molecule has 98 valence electrons. The number of nitrogen functional groups attached to an aromatic ring is 1. The van der Waals surface area contributed by atoms with Gasteiger partial charge in [-0.05, 0) is 36.7 Å². The first-order chi connectivity index (χ1) is 8.99. The minimum absolute atomic E-state index is 0.0612. The van der Waals surface area contributed by atoms with Crippen molar-refractivity contribution in [3.63, 3.8) is 0 Å². The van der Waals surface area contributed by atoms with E-state index in [2.05, 4.69) is 14.9 Å². The first-order valence-corrected chi connectivity index (χ1v) is 5.99. The molecule has 0 atom stereocenters. The highest BCUT2D eigenvalue weighted by Crippen LogP contribution is 2.21. The molecule has 0 radical (unpaired) electrons. The summed E-state index contributed by atoms with van der Waals surface area (Å²) in [6, 6.07) is 4.10. The number of aryl methyl sites for hydroxylation is 1. The Morgan fingerprint density at radius 1 is 1.42 bits per heavy atom. The van der Waals surface area contributed by atoms with E-state index < -0.39 is 5.97 Å². The summed E-state index contributed by atoms with van der Waals surface area (Å²) in [5.41, 5.74) is 6.82. The van der Waals surface area contributed by atoms with Crippen LogP contribution in [0.1, 0.15) is 25.7 Å². The fourth-order valence-electron chi connectivity index (χ4n) is 1.43. The van der Waals surface area contributed by atoms with Crippen molar-refractivity contribution in [3.8, 4) is 0 Å². The first-order valence-electron chi connectivity index (χ1n) is 5.22. The lowest BCUT2D eigenvalue weighted by Crippen LogP contribution is -2.13. The number of aromatic carboxylic acids is 1. The SMILES string of the molecule is Cc1nnsc1C(=O)Nc1ccc(C(=O)O)cc1N. The van der Waals surface area contributed by atoms with Gasteiger partial charge in [0.15, 0.2) is 0 Å². The summed E-state index contributed by atoms with van der Waals surface area (Å²) in [5.74, 6) is -1.45. The van der Waals surface area contributed by atoms with Crippen molar-refractivity contribution in [1.82, 2.24) is 9.59 Å². The van der Waals surface area contributed by atoms with Crippen molar-refractivity contribution in [2.45, 2.75) is 6.92 Å². The van der Waals surface area contributed by atoms with Gasteiger partial charge >= 0.3 is 5.97 Å². The van der Waals surface area contributed by atoms with E-state index in [1.807, 2.05) is 0 Å². The van der Waals surface area contributed by atoms with Gasteiger partial charge in [-0.15, -0.1) is 5.10 Å². The molecule has 2 aromatic rings. The summed E-state index contributed by atoms with van der Waals surface area (Å²) in [4.78, 5) is 23.1. The van der Waals surface area contributed by atoms with Gasteiger partial charge in [0.05, 0.1) is 22.6 Å². The summed E-state index contributed by atoms with van der Waals surface area (Å²) in [5, 5.41) is 15.1. The van der Waals surface area contributed by atoms with Crippen molar-refractivity contribution in [1.29, 1.82) is 0 Å². The van der Waals surface area contributed by atoms with E-state index in [1.54, 1.807) is 6.92 Å². The van der Waals surface area contributed by atoms with Gasteiger partial charge in [-0.1, -0.05) is 4.49 Å². The van der Waals surface area contributed by atoms with E-state index in [-0.39, 0.29) is 17.2 Å². The second-order valence-electron chi connectivity index (χ2n) is 3.75. The number of aromatic nitrogens is 2. The third-order valence-corrected chi connectivity index (χ3v) is 3.23. The number of rotatable bonds is 3. The van der Waals surface area contributed by atoms with Crippen molar-refractivity contribution < 1.29 is 14.7 Å². The van der Waals surface area contributed by atoms with Crippen molar-refractivity contribution >= 4 is 34.8 Å². The Bertz CT molecular complexity index is 653. The van der Waals surface area contributed by atoms with Gasteiger partial charge < -0.3 is 16.2 Å². The molecule has 0 fully saturated rings. The third-order valence-electron chi connectivity index (χ3n) is 2.40. The van der Waals surface area contributed by atoms with Gasteiger partial charge in [-0.3, -0.25) is 4.79 Å². The molecule has 8 heteroatoms. The molecule has 0 saturated heterocycles. The second kappa shape index (κ2) is 5.02. The highest BCUT2D eigenvalue weighted by atomic mass is 32.1. The molecule has 0 spiro atoms. The molecule has 4 N–H and O–H groups in total. The number of amides is 1. The summed E-state index contributed by atoms with van der Waals surface area (Å²) in [7, 11) is 0. The number of carboxylic acids is 1. The Morgan fingerprint density at radius 2 is 2.16 bits per heavy atom. The van der Waals surface area contributed by atoms with E-state index >= 15 is 0 Å². The maximum atomic E-state index is 11.9. The summed E-state index contributed by atoms with van der Waals surface area (Å²) in [6.45, 7) is 1.68. The van der Waals surface area contributed by atoms with Gasteiger partial charge in [0.1, 0.15) is 4.88 Å². The topological polar surface area (TPSA) is 118 Å². The first kappa shape index (κ1) is 13.0. The maximum absolute atomic E-state index is 11.9. The maximum Gasteiger partial charge on any atom is 0.335 e. The van der Waals surface area contributed by atoms with Gasteiger partial charge in [0.2, 0.25) is 0 Å². The van der Waals surface area contributed by atoms with Crippen LogP contribution >= 0.6 is 11.5 Å². The van der Waals surface area contributed by atoms with Gasteiger partial charge in [0.25, 0.3) is 5.91 Å². The number of nitrogens with two attached hydrogens (primary N) is 1. The zero-order valence-electron chi connectivity index (χ0n) is 9.88. The molecule has 0 aliphatic rings. The largest absolute Gasteiger partial charge is 0.478 e. The molecule has 19 heavy (non-hydrogen) atoms. The van der Waals surface area contributed by atoms with Crippen LogP contribution in [0.25, 0.3) is 0 Å². The third kappa shape index (κ3) is 2.68. The number of nitrogens with zero attached hydrogens (tertiary/aromatic N) is 2. The van der Waals surface area contributed by atoms with Gasteiger partial charge in [0, 0.05) is 0 Å². The number of benzene rings is 1. The molecule has 0 aliphatic heterocycles. The highest BCUT2D eigenvalue weighted by Gasteiger charge is 2.15. The Balaban J connectivity index is 2.23. The molecular weight excluding hydrogens is 268 g/mol. The van der Waals surface area contributed by atoms with Crippen LogP contribution in [0.3, 0.4) is 0 Å². The summed E-state index contributed by atoms with van der Waals surface area (Å²) in [6.07, 6.45) is 0. The van der Waals surface area contributed by atoms with Crippen LogP contribution in [0.5, 0.6) is 0 Å². The molecule has 1 aromatic carbocycles. The monoisotopic (exact) mass is 278 g/mol. The minimum atomic E-state index is -1.08. The van der Waals surface area contributed by atoms with Crippen molar-refractivity contribution in [3.05, 3.63) is 34.3 Å². The Morgan fingerprint density at radius 3 is 2.68 bits per heavy atom. The quantitative estimate of drug-likeness (QED) is 0.730. The van der Waals surface area contributed by atoms with Crippen LogP contribution in [0.4, 0.5) is 11.4 Å². The normalized spacial score (nSPS) is 10.2. The Hall–Kier alpha value is -2.48. The highest BCUT2D eigenvalue weighted by molar-refractivity contribution is 7.08. The predicted molar refractivity (Wildman–Crippen MR) is 70.4 cm³/mol. The van der Waals surface area contributed by atoms with E-state index in [0.717, 1.165) is 11.5 Å². The Kier molecular flexibility index (Phi) is 3.43. The molecule has 1 heterocycles. The second-order valence-corrected chi connectivity index (χ2v) is 4.50. The fourth-order valence-corrected chi connectivity index (χ4v) is 1.98.